The van der Waals surface area contributed by atoms with Crippen LogP contribution < -0.4 is 38.2 Å². The number of H-pyrrole nitrogens is 2. The summed E-state index contributed by atoms with van der Waals surface area (Å²) < 4.78 is 18.8. The molecule has 0 bridgehead atoms. The number of aromatic nitrogens is 3. The summed E-state index contributed by atoms with van der Waals surface area (Å²) >= 11 is 0. The third-order valence-corrected chi connectivity index (χ3v) is 11.1. The Labute approximate surface area is 356 Å². The van der Waals surface area contributed by atoms with Crippen molar-refractivity contribution in [2.45, 2.75) is 75.1 Å². The van der Waals surface area contributed by atoms with Crippen LogP contribution in [0, 0.1) is 0 Å². The van der Waals surface area contributed by atoms with Crippen LogP contribution in [-0.4, -0.2) is 124 Å². The first-order valence-corrected chi connectivity index (χ1v) is 21.1. The van der Waals surface area contributed by atoms with Gasteiger partial charge in [-0.1, -0.05) is 30.3 Å². The summed E-state index contributed by atoms with van der Waals surface area (Å²) in [7, 11) is -0.0940. The largest absolute Gasteiger partial charge is 0.508 e. The molecule has 11 N–H and O–H groups in total. The first-order valence-electron chi connectivity index (χ1n) is 19.3. The minimum Gasteiger partial charge on any atom is -0.508 e. The molecule has 0 radical (unpaired) electrons. The highest BCUT2D eigenvalue weighted by atomic mass is 32.2. The Bertz CT molecular complexity index is 2450. The van der Waals surface area contributed by atoms with E-state index in [4.69, 9.17) is 10.5 Å². The second kappa shape index (κ2) is 20.7. The lowest BCUT2D eigenvalue weighted by molar-refractivity contribution is -0.139. The average Bonchev–Trinajstić information content (AvgIpc) is 3.82. The summed E-state index contributed by atoms with van der Waals surface area (Å²) in [6, 6.07) is 6.50. The molecule has 332 valence electrons. The molecule has 2 aromatic heterocycles. The number of fused-ring (bicyclic) bond motifs is 1. The molecule has 21 nitrogen and oxygen atoms in total. The van der Waals surface area contributed by atoms with Gasteiger partial charge in [-0.15, -0.1) is 0 Å². The zero-order valence-electron chi connectivity index (χ0n) is 33.9. The number of amides is 5. The van der Waals surface area contributed by atoms with Gasteiger partial charge in [0.1, 0.15) is 35.7 Å². The number of ether oxygens (including phenoxy) is 1. The number of hydrogen-bond donors (Lipinski definition) is 10. The summed E-state index contributed by atoms with van der Waals surface area (Å²) in [5.74, 6) is -3.90. The third-order valence-electron chi connectivity index (χ3n) is 10.3. The number of aliphatic carboxylic acids is 1. The molecule has 5 amide bonds. The van der Waals surface area contributed by atoms with Gasteiger partial charge >= 0.3 is 17.7 Å². The number of para-hydroxylation sites is 1. The Morgan fingerprint density at radius 2 is 1.71 bits per heavy atom. The Morgan fingerprint density at radius 3 is 2.39 bits per heavy atom. The summed E-state index contributed by atoms with van der Waals surface area (Å²) in [5, 5.41) is 40.9. The van der Waals surface area contributed by atoms with Gasteiger partial charge in [-0.05, 0) is 49.1 Å². The number of carbonyl (C=O) groups is 5. The first kappa shape index (κ1) is 46.3. The number of carbonyl (C=O) groups excluding carboxylic acids is 4. The molecular weight excluding hydrogens is 831 g/mol. The van der Waals surface area contributed by atoms with Gasteiger partial charge in [0.15, 0.2) is 0 Å². The Kier molecular flexibility index (Phi) is 15.4. The molecule has 1 aliphatic heterocycles. The lowest BCUT2D eigenvalue weighted by Crippen LogP contribution is -2.62. The number of urea groups is 1. The number of rotatable bonds is 18. The zero-order chi connectivity index (χ0) is 45.2. The molecular formula is C40H49N9O12S. The quantitative estimate of drug-likeness (QED) is 0.0574. The Balaban J connectivity index is 1.35. The SMILES string of the molecule is CC(C(NC(=O)C(CCS(C)=O)NC(=O)NC(Cc1c[nH]c2ccccc12)C(=O)O)C(=O)N/C=C1\C[C@H](O)C(n2ccc(=O)[nH]c2=O)O1)N(C)C(=O)C(N)Cc1ccc(O)cc1. The number of carboxylic acid groups (broad SMARTS) is 1. The topological polar surface area (TPSA) is 320 Å². The number of nitrogens with zero attached hydrogens (tertiary/aromatic N) is 2. The van der Waals surface area contributed by atoms with Crippen molar-refractivity contribution in [3.05, 3.63) is 111 Å². The third kappa shape index (κ3) is 11.9. The normalized spacial score (nSPS) is 18.4. The second-order valence-corrected chi connectivity index (χ2v) is 16.3. The van der Waals surface area contributed by atoms with Crippen LogP contribution in [0.2, 0.25) is 0 Å². The number of aliphatic hydroxyl groups is 1. The van der Waals surface area contributed by atoms with Gasteiger partial charge in [0.2, 0.25) is 23.9 Å². The fourth-order valence-electron chi connectivity index (χ4n) is 6.74. The predicted molar refractivity (Wildman–Crippen MR) is 225 cm³/mol. The van der Waals surface area contributed by atoms with Crippen LogP contribution in [0.1, 0.15) is 37.1 Å². The van der Waals surface area contributed by atoms with E-state index in [1.807, 2.05) is 6.07 Å². The van der Waals surface area contributed by atoms with Crippen molar-refractivity contribution in [3.63, 3.8) is 0 Å². The molecule has 22 heteroatoms. The maximum Gasteiger partial charge on any atom is 0.331 e. The van der Waals surface area contributed by atoms with Crippen LogP contribution in [0.25, 0.3) is 10.9 Å². The van der Waals surface area contributed by atoms with Gasteiger partial charge in [0.05, 0.1) is 12.1 Å². The van der Waals surface area contributed by atoms with Crippen molar-refractivity contribution in [3.8, 4) is 5.75 Å². The molecule has 1 saturated heterocycles. The van der Waals surface area contributed by atoms with Gasteiger partial charge in [0, 0.05) is 78.3 Å². The number of carboxylic acids is 1. The van der Waals surface area contributed by atoms with Gasteiger partial charge in [0.25, 0.3) is 5.56 Å². The van der Waals surface area contributed by atoms with Crippen LogP contribution in [0.3, 0.4) is 0 Å². The van der Waals surface area contributed by atoms with E-state index in [9.17, 15) is 53.1 Å². The van der Waals surface area contributed by atoms with E-state index in [1.54, 1.807) is 36.5 Å². The van der Waals surface area contributed by atoms with Gasteiger partial charge in [-0.3, -0.25) is 32.9 Å². The fraction of sp³-hybridized carbons (Fsp3) is 0.375. The summed E-state index contributed by atoms with van der Waals surface area (Å²) in [6.45, 7) is 1.45. The number of phenolic OH excluding ortho intramolecular Hbond substituents is 1. The molecule has 3 heterocycles. The maximum atomic E-state index is 14.1. The van der Waals surface area contributed by atoms with Crippen molar-refractivity contribution in [2.24, 2.45) is 5.73 Å². The molecule has 8 atom stereocenters. The van der Waals surface area contributed by atoms with Gasteiger partial charge < -0.3 is 56.9 Å². The van der Waals surface area contributed by atoms with Crippen molar-refractivity contribution >= 4 is 51.4 Å². The number of benzene rings is 2. The molecule has 0 spiro atoms. The van der Waals surface area contributed by atoms with Crippen LogP contribution in [0.4, 0.5) is 4.79 Å². The van der Waals surface area contributed by atoms with E-state index in [1.165, 1.54) is 32.4 Å². The average molecular weight is 880 g/mol. The van der Waals surface area contributed by atoms with Crippen molar-refractivity contribution in [1.82, 2.24) is 40.7 Å². The summed E-state index contributed by atoms with van der Waals surface area (Å²) in [5.41, 5.74) is 6.77. The fourth-order valence-corrected chi connectivity index (χ4v) is 7.31. The van der Waals surface area contributed by atoms with E-state index in [0.717, 1.165) is 38.8 Å². The Hall–Kier alpha value is -6.78. The minimum absolute atomic E-state index is 0.00860. The smallest absolute Gasteiger partial charge is 0.331 e. The summed E-state index contributed by atoms with van der Waals surface area (Å²) in [4.78, 5) is 97.5. The summed E-state index contributed by atoms with van der Waals surface area (Å²) in [6.07, 6.45) is 2.24. The van der Waals surface area contributed by atoms with Gasteiger partial charge in [-0.25, -0.2) is 14.4 Å². The van der Waals surface area contributed by atoms with Crippen LogP contribution in [-0.2, 0) is 47.6 Å². The number of hydrogen-bond acceptors (Lipinski definition) is 12. The standard InChI is InChI=1S/C40H49N9O12S/c1-21(48(2)36(55)27(41)16-22-8-10-24(50)11-9-22)33(35(54)43-20-25-18-31(51)37(61-25)49-14-12-32(52)46-40(49)59)47-34(53)29(13-15-62(3)60)44-39(58)45-30(38(56)57)17-23-19-42-28-7-5-4-6-26(23)28/h4-12,14,19-21,27,29-31,33,37,42,50-51H,13,15-18,41H2,1-3H3,(H,43,54)(H,47,53)(H,56,57)(H2,44,45,58)(H,46,52,59)/b25-20+/t21?,27?,29?,30?,31-,33?,37?,62?/m0/s1. The number of nitrogens with one attached hydrogen (secondary N) is 6. The molecule has 7 unspecified atom stereocenters. The predicted octanol–water partition coefficient (Wildman–Crippen LogP) is -1.01. The molecule has 5 rings (SSSR count). The molecule has 1 fully saturated rings. The molecule has 62 heavy (non-hydrogen) atoms. The number of aromatic amines is 2. The van der Waals surface area contributed by atoms with E-state index in [-0.39, 0.29) is 42.9 Å². The van der Waals surface area contributed by atoms with Crippen molar-refractivity contribution in [1.29, 1.82) is 0 Å². The van der Waals surface area contributed by atoms with Crippen LogP contribution >= 0.6 is 0 Å². The second-order valence-electron chi connectivity index (χ2n) is 14.8. The lowest BCUT2D eigenvalue weighted by atomic mass is 10.0. The number of aromatic hydroxyl groups is 1. The molecule has 4 aromatic rings. The van der Waals surface area contributed by atoms with E-state index >= 15 is 0 Å². The van der Waals surface area contributed by atoms with Crippen molar-refractivity contribution < 1.29 is 48.2 Å². The highest BCUT2D eigenvalue weighted by Gasteiger charge is 2.37. The number of likely N-dealkylation sites (N-methyl/N-ethyl adjacent to an activating group) is 1. The number of aliphatic hydroxyl groups excluding tert-OH is 1. The number of nitrogens with two attached hydrogens (primary N) is 1. The molecule has 0 saturated carbocycles. The monoisotopic (exact) mass is 879 g/mol. The highest BCUT2D eigenvalue weighted by Crippen LogP contribution is 2.30. The Morgan fingerprint density at radius 1 is 1.02 bits per heavy atom. The molecule has 1 aliphatic rings. The highest BCUT2D eigenvalue weighted by molar-refractivity contribution is 7.84. The first-order chi connectivity index (χ1) is 29.4. The van der Waals surface area contributed by atoms with Gasteiger partial charge in [-0.2, -0.15) is 0 Å². The van der Waals surface area contributed by atoms with E-state index in [0.29, 0.717) is 11.1 Å². The molecule has 0 aliphatic carbocycles. The maximum absolute atomic E-state index is 14.1. The zero-order valence-corrected chi connectivity index (χ0v) is 34.7. The van der Waals surface area contributed by atoms with E-state index in [2.05, 4.69) is 31.2 Å². The minimum atomic E-state index is -1.58. The lowest BCUT2D eigenvalue weighted by Gasteiger charge is -2.34. The molecule has 2 aromatic carbocycles. The van der Waals surface area contributed by atoms with Crippen LogP contribution in [0.5, 0.6) is 5.75 Å². The van der Waals surface area contributed by atoms with Crippen molar-refractivity contribution in [2.75, 3.05) is 19.1 Å². The van der Waals surface area contributed by atoms with Crippen LogP contribution in [0.15, 0.2) is 88.5 Å². The van der Waals surface area contributed by atoms with E-state index < -0.39 is 94.3 Å². The number of phenols is 1.